The lowest BCUT2D eigenvalue weighted by Crippen LogP contribution is -2.28. The third kappa shape index (κ3) is 1.03. The maximum absolute atomic E-state index is 11.1. The number of aliphatic hydroxyl groups excluding tert-OH is 1. The van der Waals surface area contributed by atoms with Crippen molar-refractivity contribution in [2.45, 2.75) is 31.9 Å². The van der Waals surface area contributed by atoms with Crippen molar-refractivity contribution in [3.8, 4) is 0 Å². The minimum Gasteiger partial charge on any atom is -0.373 e. The molecule has 2 rings (SSSR count). The van der Waals surface area contributed by atoms with Gasteiger partial charge in [-0.15, -0.1) is 0 Å². The Bertz CT molecular complexity index is 181. The van der Waals surface area contributed by atoms with Crippen molar-refractivity contribution in [1.29, 1.82) is 0 Å². The fourth-order valence-electron chi connectivity index (χ4n) is 2.22. The summed E-state index contributed by atoms with van der Waals surface area (Å²) in [7, 11) is 0. The molecule has 0 aromatic heterocycles. The van der Waals surface area contributed by atoms with Crippen molar-refractivity contribution in [2.75, 3.05) is 0 Å². The number of hydrogen-bond acceptors (Lipinski definition) is 2. The Labute approximate surface area is 65.8 Å². The Morgan fingerprint density at radius 2 is 2.09 bits per heavy atom. The van der Waals surface area contributed by atoms with Gasteiger partial charge in [-0.2, -0.15) is 0 Å². The molecule has 0 aromatic carbocycles. The van der Waals surface area contributed by atoms with Gasteiger partial charge in [0.2, 0.25) is 5.91 Å². The maximum Gasteiger partial charge on any atom is 0.225 e. The lowest BCUT2D eigenvalue weighted by molar-refractivity contribution is -0.123. The number of carbonyl (C=O) groups excluding carboxylic acids is 1. The minimum atomic E-state index is -0.562. The van der Waals surface area contributed by atoms with Crippen LogP contribution in [0.15, 0.2) is 0 Å². The summed E-state index contributed by atoms with van der Waals surface area (Å²) in [6, 6.07) is 0. The van der Waals surface area contributed by atoms with Crippen molar-refractivity contribution in [2.24, 2.45) is 11.8 Å². The van der Waals surface area contributed by atoms with Gasteiger partial charge < -0.3 is 10.4 Å². The van der Waals surface area contributed by atoms with Crippen molar-refractivity contribution in [3.05, 3.63) is 0 Å². The molecule has 3 atom stereocenters. The van der Waals surface area contributed by atoms with Gasteiger partial charge in [-0.05, 0) is 12.8 Å². The number of aliphatic hydroxyl groups is 1. The summed E-state index contributed by atoms with van der Waals surface area (Å²) in [5.41, 5.74) is 0. The van der Waals surface area contributed by atoms with Gasteiger partial charge in [-0.25, -0.2) is 0 Å². The van der Waals surface area contributed by atoms with E-state index in [0.29, 0.717) is 0 Å². The molecule has 0 aromatic rings. The predicted molar refractivity (Wildman–Crippen MR) is 39.6 cm³/mol. The normalized spacial score (nSPS) is 43.4. The molecular weight excluding hydrogens is 142 g/mol. The fraction of sp³-hybridized carbons (Fsp3) is 0.875. The van der Waals surface area contributed by atoms with Crippen LogP contribution in [0.4, 0.5) is 0 Å². The molecule has 0 radical (unpaired) electrons. The van der Waals surface area contributed by atoms with Gasteiger partial charge in [-0.3, -0.25) is 4.79 Å². The number of fused-ring (bicyclic) bond motifs is 1. The van der Waals surface area contributed by atoms with Crippen LogP contribution in [0.5, 0.6) is 0 Å². The lowest BCUT2D eigenvalue weighted by atomic mass is 9.81. The molecule has 0 spiro atoms. The Hall–Kier alpha value is -0.570. The molecule has 1 unspecified atom stereocenters. The molecule has 2 N–H and O–H groups in total. The van der Waals surface area contributed by atoms with Crippen LogP contribution in [0.2, 0.25) is 0 Å². The number of rotatable bonds is 0. The Kier molecular flexibility index (Phi) is 1.60. The molecule has 1 saturated carbocycles. The smallest absolute Gasteiger partial charge is 0.225 e. The van der Waals surface area contributed by atoms with E-state index in [0.717, 1.165) is 25.7 Å². The SMILES string of the molecule is O=C1NC(O)[C@@H]2CCCC[C@H]12. The van der Waals surface area contributed by atoms with Gasteiger partial charge >= 0.3 is 0 Å². The Morgan fingerprint density at radius 3 is 2.82 bits per heavy atom. The number of hydrogen-bond donors (Lipinski definition) is 2. The highest BCUT2D eigenvalue weighted by Gasteiger charge is 2.42. The van der Waals surface area contributed by atoms with Crippen LogP contribution >= 0.6 is 0 Å². The second-order valence-corrected chi connectivity index (χ2v) is 3.51. The Morgan fingerprint density at radius 1 is 1.36 bits per heavy atom. The van der Waals surface area contributed by atoms with Gasteiger partial charge in [0.15, 0.2) is 0 Å². The van der Waals surface area contributed by atoms with Crippen LogP contribution in [0.3, 0.4) is 0 Å². The summed E-state index contributed by atoms with van der Waals surface area (Å²) >= 11 is 0. The van der Waals surface area contributed by atoms with E-state index in [-0.39, 0.29) is 17.7 Å². The monoisotopic (exact) mass is 155 g/mol. The Balaban J connectivity index is 2.13. The molecule has 3 nitrogen and oxygen atoms in total. The summed E-state index contributed by atoms with van der Waals surface area (Å²) in [6.45, 7) is 0. The highest BCUT2D eigenvalue weighted by atomic mass is 16.3. The average Bonchev–Trinajstić information content (AvgIpc) is 2.30. The molecule has 11 heavy (non-hydrogen) atoms. The highest BCUT2D eigenvalue weighted by molar-refractivity contribution is 5.81. The first-order chi connectivity index (χ1) is 5.29. The molecule has 62 valence electrons. The quantitative estimate of drug-likeness (QED) is 0.526. The summed E-state index contributed by atoms with van der Waals surface area (Å²) in [6.07, 6.45) is 3.71. The van der Waals surface area contributed by atoms with E-state index in [1.807, 2.05) is 0 Å². The van der Waals surface area contributed by atoms with Gasteiger partial charge in [-0.1, -0.05) is 12.8 Å². The number of amides is 1. The third-order valence-electron chi connectivity index (χ3n) is 2.85. The summed E-state index contributed by atoms with van der Waals surface area (Å²) < 4.78 is 0. The van der Waals surface area contributed by atoms with Crippen LogP contribution in [-0.4, -0.2) is 17.2 Å². The van der Waals surface area contributed by atoms with Crippen molar-refractivity contribution in [1.82, 2.24) is 5.32 Å². The van der Waals surface area contributed by atoms with Crippen molar-refractivity contribution in [3.63, 3.8) is 0 Å². The van der Waals surface area contributed by atoms with E-state index in [2.05, 4.69) is 5.32 Å². The van der Waals surface area contributed by atoms with E-state index >= 15 is 0 Å². The van der Waals surface area contributed by atoms with Crippen LogP contribution in [0, 0.1) is 11.8 Å². The third-order valence-corrected chi connectivity index (χ3v) is 2.85. The van der Waals surface area contributed by atoms with Gasteiger partial charge in [0.05, 0.1) is 0 Å². The zero-order valence-electron chi connectivity index (χ0n) is 6.42. The molecule has 1 heterocycles. The summed E-state index contributed by atoms with van der Waals surface area (Å²) in [5.74, 6) is 0.372. The molecule has 1 saturated heterocycles. The lowest BCUT2D eigenvalue weighted by Gasteiger charge is -2.23. The van der Waals surface area contributed by atoms with E-state index in [1.165, 1.54) is 0 Å². The van der Waals surface area contributed by atoms with E-state index in [4.69, 9.17) is 0 Å². The predicted octanol–water partition coefficient (Wildman–Crippen LogP) is 0.241. The average molecular weight is 155 g/mol. The largest absolute Gasteiger partial charge is 0.373 e. The fourth-order valence-corrected chi connectivity index (χ4v) is 2.22. The van der Waals surface area contributed by atoms with Crippen LogP contribution in [0.25, 0.3) is 0 Å². The summed E-state index contributed by atoms with van der Waals surface area (Å²) in [5, 5.41) is 11.9. The van der Waals surface area contributed by atoms with Crippen molar-refractivity contribution >= 4 is 5.91 Å². The van der Waals surface area contributed by atoms with Gasteiger partial charge in [0.1, 0.15) is 6.23 Å². The molecule has 2 fully saturated rings. The number of nitrogens with one attached hydrogen (secondary N) is 1. The first kappa shape index (κ1) is 7.10. The molecule has 1 aliphatic heterocycles. The second-order valence-electron chi connectivity index (χ2n) is 3.51. The van der Waals surface area contributed by atoms with Crippen LogP contribution < -0.4 is 5.32 Å². The second kappa shape index (κ2) is 2.48. The topological polar surface area (TPSA) is 49.3 Å². The van der Waals surface area contributed by atoms with Crippen LogP contribution in [0.1, 0.15) is 25.7 Å². The first-order valence-electron chi connectivity index (χ1n) is 4.27. The minimum absolute atomic E-state index is 0.0576. The molecule has 2 aliphatic rings. The first-order valence-corrected chi connectivity index (χ1v) is 4.27. The molecule has 1 aliphatic carbocycles. The molecule has 0 bridgehead atoms. The molecule has 1 amide bonds. The molecule has 3 heteroatoms. The van der Waals surface area contributed by atoms with E-state index in [9.17, 15) is 9.90 Å². The van der Waals surface area contributed by atoms with Crippen LogP contribution in [-0.2, 0) is 4.79 Å². The maximum atomic E-state index is 11.1. The zero-order chi connectivity index (χ0) is 7.84. The zero-order valence-corrected chi connectivity index (χ0v) is 6.42. The summed E-state index contributed by atoms with van der Waals surface area (Å²) in [4.78, 5) is 11.1. The standard InChI is InChI=1S/C8H13NO2/c10-7-5-3-1-2-4-6(5)8(11)9-7/h5-7,10H,1-4H2,(H,9,11)/t5-,6+,7?/m1/s1. The van der Waals surface area contributed by atoms with Gasteiger partial charge in [0, 0.05) is 11.8 Å². The van der Waals surface area contributed by atoms with E-state index in [1.54, 1.807) is 0 Å². The number of carbonyl (C=O) groups is 1. The van der Waals surface area contributed by atoms with E-state index < -0.39 is 6.23 Å². The van der Waals surface area contributed by atoms with Crippen molar-refractivity contribution < 1.29 is 9.90 Å². The molecular formula is C8H13NO2. The van der Waals surface area contributed by atoms with Gasteiger partial charge in [0.25, 0.3) is 0 Å². The highest BCUT2D eigenvalue weighted by Crippen LogP contribution is 2.35.